The fourth-order valence-corrected chi connectivity index (χ4v) is 2.38. The number of carbonyl (C=O) groups excluding carboxylic acids is 1. The molecule has 0 heterocycles. The van der Waals surface area contributed by atoms with Crippen molar-refractivity contribution in [1.29, 1.82) is 5.26 Å². The maximum atomic E-state index is 12.4. The number of nitriles is 1. The summed E-state index contributed by atoms with van der Waals surface area (Å²) in [6.07, 6.45) is 0.475. The van der Waals surface area contributed by atoms with Crippen LogP contribution in [0.4, 0.5) is 5.69 Å². The van der Waals surface area contributed by atoms with E-state index in [1.165, 1.54) is 0 Å². The molecular weight excluding hydrogens is 344 g/mol. The molecule has 4 nitrogen and oxygen atoms in total. The van der Waals surface area contributed by atoms with Crippen LogP contribution < -0.4 is 10.1 Å². The minimum atomic E-state index is -0.317. The van der Waals surface area contributed by atoms with E-state index in [9.17, 15) is 4.79 Å². The van der Waals surface area contributed by atoms with Crippen LogP contribution in [0.1, 0.15) is 15.9 Å². The number of ether oxygens (including phenoxy) is 1. The predicted molar refractivity (Wildman–Crippen MR) is 89.4 cm³/mol. The fraction of sp³-hybridized carbons (Fsp3) is 0.176. The summed E-state index contributed by atoms with van der Waals surface area (Å²) in [5.74, 6) is 0.535. The largest absolute Gasteiger partial charge is 0.497 e. The van der Waals surface area contributed by atoms with Gasteiger partial charge in [-0.25, -0.2) is 0 Å². The number of alkyl halides is 1. The first-order valence-electron chi connectivity index (χ1n) is 6.71. The average molecular weight is 359 g/mol. The van der Waals surface area contributed by atoms with Crippen molar-refractivity contribution in [1.82, 2.24) is 0 Å². The molecule has 22 heavy (non-hydrogen) atoms. The summed E-state index contributed by atoms with van der Waals surface area (Å²) in [6, 6.07) is 16.5. The number of nitrogens with zero attached hydrogens (tertiary/aromatic N) is 1. The van der Waals surface area contributed by atoms with Crippen LogP contribution in [0.5, 0.6) is 5.75 Å². The molecule has 1 amide bonds. The minimum absolute atomic E-state index is 0.196. The molecule has 0 radical (unpaired) electrons. The summed E-state index contributed by atoms with van der Waals surface area (Å²) in [6.45, 7) is 0. The van der Waals surface area contributed by atoms with Crippen molar-refractivity contribution in [3.8, 4) is 11.8 Å². The highest BCUT2D eigenvalue weighted by molar-refractivity contribution is 9.09. The summed E-state index contributed by atoms with van der Waals surface area (Å²) < 4.78 is 5.09. The maximum absolute atomic E-state index is 12.4. The highest BCUT2D eigenvalue weighted by Crippen LogP contribution is 2.18. The number of amides is 1. The van der Waals surface area contributed by atoms with Crippen LogP contribution >= 0.6 is 15.9 Å². The fourth-order valence-electron chi connectivity index (χ4n) is 2.03. The zero-order valence-electron chi connectivity index (χ0n) is 12.0. The molecule has 2 aromatic carbocycles. The molecule has 0 aliphatic heterocycles. The number of rotatable bonds is 5. The molecule has 2 aromatic rings. The molecule has 1 atom stereocenters. The molecule has 2 rings (SSSR count). The van der Waals surface area contributed by atoms with Gasteiger partial charge in [0, 0.05) is 11.3 Å². The van der Waals surface area contributed by atoms with Crippen LogP contribution in [-0.2, 0) is 6.42 Å². The van der Waals surface area contributed by atoms with Gasteiger partial charge in [-0.1, -0.05) is 34.1 Å². The van der Waals surface area contributed by atoms with Crippen LogP contribution in [0, 0.1) is 11.3 Å². The van der Waals surface area contributed by atoms with Gasteiger partial charge in [0.2, 0.25) is 0 Å². The third kappa shape index (κ3) is 4.09. The van der Waals surface area contributed by atoms with E-state index in [0.29, 0.717) is 17.7 Å². The highest BCUT2D eigenvalue weighted by Gasteiger charge is 2.14. The normalized spacial score (nSPS) is 11.3. The first-order chi connectivity index (χ1) is 10.6. The van der Waals surface area contributed by atoms with Crippen LogP contribution in [0.3, 0.4) is 0 Å². The summed E-state index contributed by atoms with van der Waals surface area (Å²) in [5.41, 5.74) is 2.09. The molecule has 0 spiro atoms. The highest BCUT2D eigenvalue weighted by atomic mass is 79.9. The molecule has 0 aromatic heterocycles. The van der Waals surface area contributed by atoms with Gasteiger partial charge in [0.05, 0.1) is 13.2 Å². The Hall–Kier alpha value is -2.32. The van der Waals surface area contributed by atoms with E-state index >= 15 is 0 Å². The molecule has 0 saturated carbocycles. The summed E-state index contributed by atoms with van der Waals surface area (Å²) >= 11 is 3.27. The van der Waals surface area contributed by atoms with Crippen molar-refractivity contribution in [3.05, 3.63) is 59.7 Å². The van der Waals surface area contributed by atoms with Gasteiger partial charge in [0.15, 0.2) is 0 Å². The minimum Gasteiger partial charge on any atom is -0.497 e. The van der Waals surface area contributed by atoms with Crippen LogP contribution in [0.15, 0.2) is 48.5 Å². The lowest BCUT2D eigenvalue weighted by Crippen LogP contribution is -2.15. The van der Waals surface area contributed by atoms with Crippen molar-refractivity contribution >= 4 is 27.5 Å². The molecule has 0 saturated heterocycles. The van der Waals surface area contributed by atoms with Crippen molar-refractivity contribution in [2.45, 2.75) is 11.2 Å². The Kier molecular flexibility index (Phi) is 5.56. The van der Waals surface area contributed by atoms with Gasteiger partial charge in [-0.05, 0) is 42.3 Å². The van der Waals surface area contributed by atoms with E-state index in [-0.39, 0.29) is 10.7 Å². The lowest BCUT2D eigenvalue weighted by molar-refractivity contribution is 0.102. The molecule has 5 heteroatoms. The van der Waals surface area contributed by atoms with Crippen molar-refractivity contribution in [2.75, 3.05) is 12.4 Å². The molecule has 1 N–H and O–H groups in total. The van der Waals surface area contributed by atoms with E-state index in [1.807, 2.05) is 18.2 Å². The molecule has 112 valence electrons. The van der Waals surface area contributed by atoms with Gasteiger partial charge in [0.1, 0.15) is 10.6 Å². The Bertz CT molecular complexity index is 693. The van der Waals surface area contributed by atoms with Gasteiger partial charge in [-0.15, -0.1) is 0 Å². The SMILES string of the molecule is COc1ccc(NC(=O)c2ccccc2CC(Br)C#N)cc1. The summed E-state index contributed by atoms with van der Waals surface area (Å²) in [7, 11) is 1.59. The van der Waals surface area contributed by atoms with Gasteiger partial charge < -0.3 is 10.1 Å². The monoisotopic (exact) mass is 358 g/mol. The predicted octanol–water partition coefficient (Wildman–Crippen LogP) is 3.78. The van der Waals surface area contributed by atoms with Crippen molar-refractivity contribution in [2.24, 2.45) is 0 Å². The Morgan fingerprint density at radius 2 is 1.95 bits per heavy atom. The quantitative estimate of drug-likeness (QED) is 0.827. The second-order valence-corrected chi connectivity index (χ2v) is 5.75. The lowest BCUT2D eigenvalue weighted by atomic mass is 10.0. The Morgan fingerprint density at radius 3 is 2.59 bits per heavy atom. The van der Waals surface area contributed by atoms with Gasteiger partial charge >= 0.3 is 0 Å². The number of hydrogen-bond acceptors (Lipinski definition) is 3. The maximum Gasteiger partial charge on any atom is 0.255 e. The van der Waals surface area contributed by atoms with E-state index < -0.39 is 0 Å². The van der Waals surface area contributed by atoms with Gasteiger partial charge in [-0.2, -0.15) is 5.26 Å². The van der Waals surface area contributed by atoms with Gasteiger partial charge in [-0.3, -0.25) is 4.79 Å². The molecule has 0 fully saturated rings. The number of carbonyl (C=O) groups is 1. The van der Waals surface area contributed by atoms with Crippen LogP contribution in [0.25, 0.3) is 0 Å². The molecule has 0 aliphatic rings. The Balaban J connectivity index is 2.16. The molecule has 0 aliphatic carbocycles. The third-order valence-corrected chi connectivity index (χ3v) is 3.68. The Labute approximate surface area is 137 Å². The smallest absolute Gasteiger partial charge is 0.255 e. The number of anilines is 1. The van der Waals surface area contributed by atoms with Crippen molar-refractivity contribution < 1.29 is 9.53 Å². The van der Waals surface area contributed by atoms with E-state index in [0.717, 1.165) is 11.3 Å². The van der Waals surface area contributed by atoms with Gasteiger partial charge in [0.25, 0.3) is 5.91 Å². The van der Waals surface area contributed by atoms with Crippen LogP contribution in [-0.4, -0.2) is 17.8 Å². The third-order valence-electron chi connectivity index (χ3n) is 3.15. The van der Waals surface area contributed by atoms with E-state index in [1.54, 1.807) is 37.4 Å². The first kappa shape index (κ1) is 16.1. The van der Waals surface area contributed by atoms with Crippen LogP contribution in [0.2, 0.25) is 0 Å². The summed E-state index contributed by atoms with van der Waals surface area (Å²) in [5, 5.41) is 11.7. The lowest BCUT2D eigenvalue weighted by Gasteiger charge is -2.11. The van der Waals surface area contributed by atoms with E-state index in [4.69, 9.17) is 10.00 Å². The first-order valence-corrected chi connectivity index (χ1v) is 7.62. The number of hydrogen-bond donors (Lipinski definition) is 1. The molecular formula is C17H15BrN2O2. The topological polar surface area (TPSA) is 62.1 Å². The number of halogens is 1. The number of benzene rings is 2. The number of methoxy groups -OCH3 is 1. The Morgan fingerprint density at radius 1 is 1.27 bits per heavy atom. The second kappa shape index (κ2) is 7.62. The number of nitrogens with one attached hydrogen (secondary N) is 1. The van der Waals surface area contributed by atoms with E-state index in [2.05, 4.69) is 27.3 Å². The summed E-state index contributed by atoms with van der Waals surface area (Å²) in [4.78, 5) is 12.1. The molecule has 0 bridgehead atoms. The standard InChI is InChI=1S/C17H15BrN2O2/c1-22-15-8-6-14(7-9-15)20-17(21)16-5-3-2-4-12(16)10-13(18)11-19/h2-9,13H,10H2,1H3,(H,20,21). The zero-order valence-corrected chi connectivity index (χ0v) is 13.6. The van der Waals surface area contributed by atoms with Crippen molar-refractivity contribution in [3.63, 3.8) is 0 Å². The average Bonchev–Trinajstić information content (AvgIpc) is 2.55. The second-order valence-electron chi connectivity index (χ2n) is 4.64. The molecule has 1 unspecified atom stereocenters. The zero-order chi connectivity index (χ0) is 15.9.